The summed E-state index contributed by atoms with van der Waals surface area (Å²) in [6.07, 6.45) is 1.50. The van der Waals surface area contributed by atoms with Gasteiger partial charge in [-0.1, -0.05) is 12.1 Å². The third-order valence-electron chi connectivity index (χ3n) is 3.36. The number of carbonyl (C=O) groups is 2. The van der Waals surface area contributed by atoms with E-state index in [0.29, 0.717) is 5.75 Å². The van der Waals surface area contributed by atoms with E-state index < -0.39 is 23.4 Å². The van der Waals surface area contributed by atoms with Crippen LogP contribution in [0.5, 0.6) is 5.75 Å². The Hall–Kier alpha value is -2.57. The summed E-state index contributed by atoms with van der Waals surface area (Å²) in [5, 5.41) is 2.78. The molecule has 0 spiro atoms. The van der Waals surface area contributed by atoms with E-state index in [4.69, 9.17) is 16.2 Å². The van der Waals surface area contributed by atoms with Crippen LogP contribution in [0, 0.1) is 0 Å². The van der Waals surface area contributed by atoms with Crippen molar-refractivity contribution in [1.82, 2.24) is 5.32 Å². The van der Waals surface area contributed by atoms with E-state index in [2.05, 4.69) is 10.3 Å². The van der Waals surface area contributed by atoms with E-state index in [-0.39, 0.29) is 6.42 Å². The fourth-order valence-electron chi connectivity index (χ4n) is 2.26. The van der Waals surface area contributed by atoms with Crippen LogP contribution in [0.4, 0.5) is 0 Å². The molecule has 0 bridgehead atoms. The lowest BCUT2D eigenvalue weighted by Gasteiger charge is -2.29. The van der Waals surface area contributed by atoms with Crippen molar-refractivity contribution in [3.05, 3.63) is 29.8 Å². The molecule has 1 aromatic carbocycles. The molecule has 1 aliphatic heterocycles. The summed E-state index contributed by atoms with van der Waals surface area (Å²) in [5.74, 6) is -0.669. The number of aliphatic imine (C=N–C) groups is 1. The zero-order chi connectivity index (χ0) is 14.8. The lowest BCUT2D eigenvalue weighted by Crippen LogP contribution is -2.63. The largest absolute Gasteiger partial charge is 0.497 e. The number of nitrogens with two attached hydrogens (primary N) is 2. The highest BCUT2D eigenvalue weighted by molar-refractivity contribution is 5.99. The van der Waals surface area contributed by atoms with Gasteiger partial charge in [-0.05, 0) is 17.7 Å². The van der Waals surface area contributed by atoms with Crippen LogP contribution in [0.25, 0.3) is 0 Å². The van der Waals surface area contributed by atoms with Crippen LogP contribution in [-0.2, 0) is 16.0 Å². The number of primary amides is 2. The van der Waals surface area contributed by atoms with Crippen LogP contribution in [0.15, 0.2) is 29.3 Å². The molecule has 2 rings (SSSR count). The van der Waals surface area contributed by atoms with Gasteiger partial charge in [0.1, 0.15) is 5.75 Å². The minimum absolute atomic E-state index is 0.208. The third kappa shape index (κ3) is 2.29. The number of hydrogen-bond acceptors (Lipinski definition) is 5. The first-order valence-electron chi connectivity index (χ1n) is 6.01. The molecule has 0 radical (unpaired) electrons. The first-order chi connectivity index (χ1) is 9.49. The predicted molar refractivity (Wildman–Crippen MR) is 73.2 cm³/mol. The lowest BCUT2D eigenvalue weighted by atomic mass is 9.83. The lowest BCUT2D eigenvalue weighted by molar-refractivity contribution is -0.129. The molecular weight excluding hydrogens is 260 g/mol. The molecule has 2 atom stereocenters. The third-order valence-corrected chi connectivity index (χ3v) is 3.36. The van der Waals surface area contributed by atoms with Crippen molar-refractivity contribution in [2.45, 2.75) is 18.0 Å². The summed E-state index contributed by atoms with van der Waals surface area (Å²) in [4.78, 5) is 27.2. The van der Waals surface area contributed by atoms with Gasteiger partial charge in [-0.3, -0.25) is 14.6 Å². The van der Waals surface area contributed by atoms with Crippen molar-refractivity contribution < 1.29 is 14.3 Å². The maximum Gasteiger partial charge on any atom is 0.246 e. The fraction of sp³-hybridized carbons (Fsp3) is 0.308. The number of nitrogens with zero attached hydrogens (tertiary/aromatic N) is 1. The summed E-state index contributed by atoms with van der Waals surface area (Å²) in [6, 6.07) is 6.10. The quantitative estimate of drug-likeness (QED) is 0.635. The molecule has 5 N–H and O–H groups in total. The molecule has 7 heteroatoms. The van der Waals surface area contributed by atoms with Crippen molar-refractivity contribution in [3.8, 4) is 5.75 Å². The Kier molecular flexibility index (Phi) is 3.60. The van der Waals surface area contributed by atoms with Gasteiger partial charge in [0.25, 0.3) is 0 Å². The molecule has 0 aliphatic carbocycles. The van der Waals surface area contributed by atoms with Gasteiger partial charge < -0.3 is 21.5 Å². The van der Waals surface area contributed by atoms with E-state index in [1.165, 1.54) is 6.34 Å². The Morgan fingerprint density at radius 3 is 2.50 bits per heavy atom. The molecule has 106 valence electrons. The van der Waals surface area contributed by atoms with Crippen molar-refractivity contribution in [1.29, 1.82) is 0 Å². The summed E-state index contributed by atoms with van der Waals surface area (Å²) < 4.78 is 5.07. The standard InChI is InChI=1S/C13H16N4O3/c1-20-9-4-2-8(3-5-9)6-13(12(15)19)10(11(14)18)16-7-17-13/h2-5,7,10H,6H2,1H3,(H2,14,18)(H2,15,19)(H,16,17). The summed E-state index contributed by atoms with van der Waals surface area (Å²) in [5.41, 5.74) is 10.2. The molecule has 0 saturated heterocycles. The Labute approximate surface area is 116 Å². The Morgan fingerprint density at radius 1 is 1.35 bits per heavy atom. The minimum Gasteiger partial charge on any atom is -0.497 e. The van der Waals surface area contributed by atoms with Gasteiger partial charge in [-0.15, -0.1) is 0 Å². The molecule has 1 aliphatic rings. The van der Waals surface area contributed by atoms with Gasteiger partial charge in [0.2, 0.25) is 11.8 Å². The molecule has 0 fully saturated rings. The second-order valence-electron chi connectivity index (χ2n) is 4.59. The number of ether oxygens (including phenoxy) is 1. The van der Waals surface area contributed by atoms with E-state index in [1.807, 2.05) is 0 Å². The second kappa shape index (κ2) is 5.20. The number of rotatable bonds is 5. The van der Waals surface area contributed by atoms with Crippen LogP contribution in [-0.4, -0.2) is 36.8 Å². The average Bonchev–Trinajstić information content (AvgIpc) is 2.85. The van der Waals surface area contributed by atoms with Crippen molar-refractivity contribution in [2.24, 2.45) is 16.5 Å². The number of benzene rings is 1. The molecule has 1 aromatic rings. The van der Waals surface area contributed by atoms with Crippen LogP contribution < -0.4 is 21.5 Å². The van der Waals surface area contributed by atoms with E-state index >= 15 is 0 Å². The fourth-order valence-corrected chi connectivity index (χ4v) is 2.26. The number of hydrogen-bond donors (Lipinski definition) is 3. The smallest absolute Gasteiger partial charge is 0.246 e. The number of carbonyl (C=O) groups excluding carboxylic acids is 2. The first kappa shape index (κ1) is 13.9. The Morgan fingerprint density at radius 2 is 2.00 bits per heavy atom. The highest BCUT2D eigenvalue weighted by Gasteiger charge is 2.49. The van der Waals surface area contributed by atoms with Crippen molar-refractivity contribution >= 4 is 18.2 Å². The maximum absolute atomic E-state index is 11.8. The minimum atomic E-state index is -1.32. The highest BCUT2D eigenvalue weighted by Crippen LogP contribution is 2.24. The Bertz CT molecular complexity index is 555. The van der Waals surface area contributed by atoms with Crippen LogP contribution in [0.1, 0.15) is 5.56 Å². The van der Waals surface area contributed by atoms with Crippen molar-refractivity contribution in [2.75, 3.05) is 7.11 Å². The molecule has 0 aromatic heterocycles. The van der Waals surface area contributed by atoms with Gasteiger partial charge in [-0.2, -0.15) is 0 Å². The average molecular weight is 276 g/mol. The van der Waals surface area contributed by atoms with E-state index in [0.717, 1.165) is 5.56 Å². The zero-order valence-corrected chi connectivity index (χ0v) is 11.0. The summed E-state index contributed by atoms with van der Waals surface area (Å²) >= 11 is 0. The Balaban J connectivity index is 2.30. The molecule has 0 saturated carbocycles. The molecule has 2 amide bonds. The summed E-state index contributed by atoms with van der Waals surface area (Å²) in [6.45, 7) is 0. The summed E-state index contributed by atoms with van der Waals surface area (Å²) in [7, 11) is 1.56. The molecular formula is C13H16N4O3. The van der Waals surface area contributed by atoms with E-state index in [1.54, 1.807) is 31.4 Å². The molecule has 20 heavy (non-hydrogen) atoms. The van der Waals surface area contributed by atoms with Gasteiger partial charge in [0.15, 0.2) is 11.6 Å². The van der Waals surface area contributed by atoms with Crippen LogP contribution >= 0.6 is 0 Å². The van der Waals surface area contributed by atoms with Crippen LogP contribution in [0.3, 0.4) is 0 Å². The predicted octanol–water partition coefficient (Wildman–Crippen LogP) is -1.05. The van der Waals surface area contributed by atoms with Crippen molar-refractivity contribution in [3.63, 3.8) is 0 Å². The van der Waals surface area contributed by atoms with Gasteiger partial charge >= 0.3 is 0 Å². The van der Waals surface area contributed by atoms with Gasteiger partial charge in [0, 0.05) is 6.42 Å². The maximum atomic E-state index is 11.8. The van der Waals surface area contributed by atoms with Gasteiger partial charge in [-0.25, -0.2) is 0 Å². The SMILES string of the molecule is COc1ccc(CC2(C(N)=O)NC=NC2C(N)=O)cc1. The highest BCUT2D eigenvalue weighted by atomic mass is 16.5. The monoisotopic (exact) mass is 276 g/mol. The molecule has 1 heterocycles. The molecule has 2 unspecified atom stereocenters. The van der Waals surface area contributed by atoms with E-state index in [9.17, 15) is 9.59 Å². The number of amides is 2. The first-order valence-corrected chi connectivity index (χ1v) is 6.01. The second-order valence-corrected chi connectivity index (χ2v) is 4.59. The topological polar surface area (TPSA) is 120 Å². The number of methoxy groups -OCH3 is 1. The van der Waals surface area contributed by atoms with Gasteiger partial charge in [0.05, 0.1) is 13.4 Å². The van der Waals surface area contributed by atoms with Crippen LogP contribution in [0.2, 0.25) is 0 Å². The normalized spacial score (nSPS) is 24.1. The molecule has 7 nitrogen and oxygen atoms in total. The zero-order valence-electron chi connectivity index (χ0n) is 11.0. The number of nitrogens with one attached hydrogen (secondary N) is 1.